The monoisotopic (exact) mass is 299 g/mol. The first kappa shape index (κ1) is 17.2. The van der Waals surface area contributed by atoms with E-state index in [0.29, 0.717) is 23.3 Å². The minimum atomic E-state index is -0.749. The van der Waals surface area contributed by atoms with Crippen LogP contribution in [0.2, 0.25) is 5.15 Å². The highest BCUT2D eigenvalue weighted by atomic mass is 35.5. The van der Waals surface area contributed by atoms with E-state index in [1.165, 1.54) is 0 Å². The second-order valence-corrected chi connectivity index (χ2v) is 7.02. The highest BCUT2D eigenvalue weighted by Crippen LogP contribution is 2.26. The summed E-state index contributed by atoms with van der Waals surface area (Å²) in [6.07, 6.45) is 1.68. The van der Waals surface area contributed by atoms with Gasteiger partial charge in [-0.25, -0.2) is 9.97 Å². The van der Waals surface area contributed by atoms with Gasteiger partial charge < -0.3 is 10.4 Å². The summed E-state index contributed by atoms with van der Waals surface area (Å²) in [6, 6.07) is 0. The molecule has 0 saturated carbocycles. The van der Waals surface area contributed by atoms with Crippen molar-refractivity contribution in [3.63, 3.8) is 0 Å². The zero-order chi connectivity index (χ0) is 15.6. The molecular weight excluding hydrogens is 274 g/mol. The Morgan fingerprint density at radius 1 is 1.20 bits per heavy atom. The largest absolute Gasteiger partial charge is 0.388 e. The number of hydrogen-bond acceptors (Lipinski definition) is 4. The van der Waals surface area contributed by atoms with Gasteiger partial charge in [-0.15, -0.1) is 0 Å². The molecule has 0 saturated heterocycles. The van der Waals surface area contributed by atoms with E-state index in [-0.39, 0.29) is 5.41 Å². The van der Waals surface area contributed by atoms with Crippen LogP contribution in [0.4, 0.5) is 5.82 Å². The summed E-state index contributed by atoms with van der Waals surface area (Å²) in [5.41, 5.74) is -0.104. The van der Waals surface area contributed by atoms with E-state index in [9.17, 15) is 5.11 Å². The maximum Gasteiger partial charge on any atom is 0.137 e. The van der Waals surface area contributed by atoms with E-state index < -0.39 is 5.60 Å². The lowest BCUT2D eigenvalue weighted by atomic mass is 9.95. The number of hydrogen-bond donors (Lipinski definition) is 2. The van der Waals surface area contributed by atoms with E-state index in [1.54, 1.807) is 0 Å². The first-order chi connectivity index (χ1) is 9.07. The predicted molar refractivity (Wildman–Crippen MR) is 84.5 cm³/mol. The number of anilines is 1. The van der Waals surface area contributed by atoms with Gasteiger partial charge in [-0.05, 0) is 20.3 Å². The minimum absolute atomic E-state index is 0.167. The number of rotatable bonds is 5. The molecule has 0 aliphatic carbocycles. The normalized spacial score (nSPS) is 15.0. The van der Waals surface area contributed by atoms with Gasteiger partial charge in [0, 0.05) is 17.5 Å². The number of halogens is 1. The topological polar surface area (TPSA) is 58.0 Å². The van der Waals surface area contributed by atoms with Gasteiger partial charge in [0.1, 0.15) is 16.8 Å². The van der Waals surface area contributed by atoms with E-state index in [2.05, 4.69) is 22.2 Å². The standard InChI is InChI=1S/C15H26ClN3O/c1-7-8-15(6,20)9-17-12-10(2)11(16)18-13(19-12)14(3,4)5/h20H,7-9H2,1-6H3,(H,17,18,19). The highest BCUT2D eigenvalue weighted by molar-refractivity contribution is 6.30. The smallest absolute Gasteiger partial charge is 0.137 e. The van der Waals surface area contributed by atoms with Crippen LogP contribution in [0.15, 0.2) is 0 Å². The molecule has 1 heterocycles. The quantitative estimate of drug-likeness (QED) is 0.814. The van der Waals surface area contributed by atoms with Gasteiger partial charge >= 0.3 is 0 Å². The van der Waals surface area contributed by atoms with Crippen LogP contribution in [0.25, 0.3) is 0 Å². The number of aliphatic hydroxyl groups is 1. The molecule has 1 aromatic heterocycles. The molecule has 0 radical (unpaired) electrons. The van der Waals surface area contributed by atoms with Gasteiger partial charge in [0.25, 0.3) is 0 Å². The molecule has 4 nitrogen and oxygen atoms in total. The Hall–Kier alpha value is -0.870. The van der Waals surface area contributed by atoms with Crippen LogP contribution in [0, 0.1) is 6.92 Å². The molecule has 1 unspecified atom stereocenters. The third-order valence-electron chi connectivity index (χ3n) is 3.18. The summed E-state index contributed by atoms with van der Waals surface area (Å²) in [4.78, 5) is 8.89. The molecule has 0 spiro atoms. The van der Waals surface area contributed by atoms with Crippen molar-refractivity contribution in [3.05, 3.63) is 16.5 Å². The van der Waals surface area contributed by atoms with Gasteiger partial charge in [0.05, 0.1) is 5.60 Å². The summed E-state index contributed by atoms with van der Waals surface area (Å²) in [6.45, 7) is 12.3. The van der Waals surface area contributed by atoms with E-state index in [1.807, 2.05) is 34.6 Å². The lowest BCUT2D eigenvalue weighted by Gasteiger charge is -2.25. The van der Waals surface area contributed by atoms with Crippen molar-refractivity contribution in [2.45, 2.75) is 65.4 Å². The molecule has 20 heavy (non-hydrogen) atoms. The molecule has 0 aliphatic heterocycles. The van der Waals surface area contributed by atoms with Crippen LogP contribution in [0.1, 0.15) is 58.8 Å². The van der Waals surface area contributed by atoms with Gasteiger partial charge in [-0.1, -0.05) is 45.7 Å². The molecule has 2 N–H and O–H groups in total. The van der Waals surface area contributed by atoms with Gasteiger partial charge in [0.2, 0.25) is 0 Å². The highest BCUT2D eigenvalue weighted by Gasteiger charge is 2.23. The van der Waals surface area contributed by atoms with Crippen molar-refractivity contribution in [2.24, 2.45) is 0 Å². The summed E-state index contributed by atoms with van der Waals surface area (Å²) < 4.78 is 0. The zero-order valence-corrected chi connectivity index (χ0v) is 14.1. The fourth-order valence-electron chi connectivity index (χ4n) is 1.90. The molecule has 0 fully saturated rings. The second kappa shape index (κ2) is 6.27. The molecule has 1 rings (SSSR count). The van der Waals surface area contributed by atoms with Crippen molar-refractivity contribution in [3.8, 4) is 0 Å². The second-order valence-electron chi connectivity index (χ2n) is 6.66. The molecule has 0 aromatic carbocycles. The van der Waals surface area contributed by atoms with E-state index in [4.69, 9.17) is 11.6 Å². The average molecular weight is 300 g/mol. The average Bonchev–Trinajstić information content (AvgIpc) is 2.29. The van der Waals surface area contributed by atoms with Crippen LogP contribution in [-0.2, 0) is 5.41 Å². The Bertz CT molecular complexity index is 467. The summed E-state index contributed by atoms with van der Waals surface area (Å²) in [5, 5.41) is 13.9. The molecule has 1 atom stereocenters. The molecular formula is C15H26ClN3O. The van der Waals surface area contributed by atoms with Crippen LogP contribution in [0.3, 0.4) is 0 Å². The fraction of sp³-hybridized carbons (Fsp3) is 0.733. The lowest BCUT2D eigenvalue weighted by molar-refractivity contribution is 0.0636. The number of nitrogens with one attached hydrogen (secondary N) is 1. The third kappa shape index (κ3) is 4.60. The Kier molecular flexibility index (Phi) is 5.39. The molecule has 5 heteroatoms. The maximum atomic E-state index is 10.2. The molecule has 0 amide bonds. The Morgan fingerprint density at radius 2 is 1.80 bits per heavy atom. The van der Waals surface area contributed by atoms with Crippen LogP contribution in [0.5, 0.6) is 0 Å². The maximum absolute atomic E-state index is 10.2. The van der Waals surface area contributed by atoms with Crippen molar-refractivity contribution in [2.75, 3.05) is 11.9 Å². The summed E-state index contributed by atoms with van der Waals surface area (Å²) >= 11 is 6.18. The third-order valence-corrected chi connectivity index (χ3v) is 3.55. The molecule has 114 valence electrons. The Balaban J connectivity index is 2.98. The van der Waals surface area contributed by atoms with E-state index >= 15 is 0 Å². The molecule has 0 aliphatic rings. The molecule has 0 bridgehead atoms. The van der Waals surface area contributed by atoms with Gasteiger partial charge in [-0.3, -0.25) is 0 Å². The molecule has 1 aromatic rings. The minimum Gasteiger partial charge on any atom is -0.388 e. The number of aromatic nitrogens is 2. The van der Waals surface area contributed by atoms with Crippen molar-refractivity contribution in [1.29, 1.82) is 0 Å². The van der Waals surface area contributed by atoms with Crippen molar-refractivity contribution < 1.29 is 5.11 Å². The van der Waals surface area contributed by atoms with Crippen molar-refractivity contribution >= 4 is 17.4 Å². The number of nitrogens with zero attached hydrogens (tertiary/aromatic N) is 2. The van der Waals surface area contributed by atoms with Crippen LogP contribution < -0.4 is 5.32 Å². The Morgan fingerprint density at radius 3 is 2.30 bits per heavy atom. The fourth-order valence-corrected chi connectivity index (χ4v) is 2.07. The predicted octanol–water partition coefficient (Wildman–Crippen LogP) is 3.70. The van der Waals surface area contributed by atoms with Crippen LogP contribution in [-0.4, -0.2) is 27.2 Å². The van der Waals surface area contributed by atoms with Gasteiger partial charge in [-0.2, -0.15) is 0 Å². The van der Waals surface area contributed by atoms with Crippen LogP contribution >= 0.6 is 11.6 Å². The van der Waals surface area contributed by atoms with Gasteiger partial charge in [0.15, 0.2) is 0 Å². The first-order valence-corrected chi connectivity index (χ1v) is 7.45. The summed E-state index contributed by atoms with van der Waals surface area (Å²) in [5.74, 6) is 1.40. The van der Waals surface area contributed by atoms with Crippen molar-refractivity contribution in [1.82, 2.24) is 9.97 Å². The SMILES string of the molecule is CCCC(C)(O)CNc1nc(C(C)(C)C)nc(Cl)c1C. The van der Waals surface area contributed by atoms with E-state index in [0.717, 1.165) is 18.4 Å². The first-order valence-electron chi connectivity index (χ1n) is 7.07. The summed E-state index contributed by atoms with van der Waals surface area (Å²) in [7, 11) is 0. The zero-order valence-electron chi connectivity index (χ0n) is 13.3. The Labute approximate surface area is 127 Å². The lowest BCUT2D eigenvalue weighted by Crippen LogP contribution is -2.33.